The first-order chi connectivity index (χ1) is 9.16. The van der Waals surface area contributed by atoms with E-state index in [0.717, 1.165) is 12.2 Å². The zero-order valence-corrected chi connectivity index (χ0v) is 11.5. The van der Waals surface area contributed by atoms with E-state index in [2.05, 4.69) is 15.5 Å². The monoisotopic (exact) mass is 266 g/mol. The van der Waals surface area contributed by atoms with Crippen LogP contribution in [0.3, 0.4) is 0 Å². The Bertz CT molecular complexity index is 411. The van der Waals surface area contributed by atoms with Crippen LogP contribution in [0.25, 0.3) is 0 Å². The van der Waals surface area contributed by atoms with E-state index in [1.54, 1.807) is 11.6 Å². The predicted octanol–water partition coefficient (Wildman–Crippen LogP) is 1.91. The highest BCUT2D eigenvalue weighted by Crippen LogP contribution is 2.25. The molecule has 6 nitrogen and oxygen atoms in total. The molecular formula is C13H22N4O2. The SMILES string of the molecule is CC(Cn1nnnc1CC1CCCCCC1)C(=O)O. The third-order valence-corrected chi connectivity index (χ3v) is 3.92. The third-order valence-electron chi connectivity index (χ3n) is 3.92. The second-order valence-electron chi connectivity index (χ2n) is 5.58. The normalized spacial score (nSPS) is 19.0. The fourth-order valence-corrected chi connectivity index (χ4v) is 2.67. The summed E-state index contributed by atoms with van der Waals surface area (Å²) in [5.41, 5.74) is 0. The molecule has 106 valence electrons. The van der Waals surface area contributed by atoms with Gasteiger partial charge in [-0.1, -0.05) is 45.4 Å². The molecule has 0 spiro atoms. The van der Waals surface area contributed by atoms with Crippen LogP contribution in [0.15, 0.2) is 0 Å². The molecule has 0 bridgehead atoms. The number of hydrogen-bond donors (Lipinski definition) is 1. The molecule has 0 aliphatic heterocycles. The Labute approximate surface area is 113 Å². The summed E-state index contributed by atoms with van der Waals surface area (Å²) in [5, 5.41) is 20.6. The van der Waals surface area contributed by atoms with E-state index >= 15 is 0 Å². The van der Waals surface area contributed by atoms with Crippen molar-refractivity contribution in [2.75, 3.05) is 0 Å². The van der Waals surface area contributed by atoms with E-state index < -0.39 is 11.9 Å². The molecule has 1 saturated carbocycles. The Morgan fingerprint density at radius 1 is 1.37 bits per heavy atom. The molecule has 0 aromatic carbocycles. The number of carboxylic acid groups (broad SMARTS) is 1. The number of rotatable bonds is 5. The maximum absolute atomic E-state index is 10.9. The van der Waals surface area contributed by atoms with Crippen molar-refractivity contribution in [2.24, 2.45) is 11.8 Å². The molecule has 1 N–H and O–H groups in total. The molecule has 1 aliphatic carbocycles. The highest BCUT2D eigenvalue weighted by molar-refractivity contribution is 5.69. The molecule has 1 aliphatic rings. The second kappa shape index (κ2) is 6.63. The van der Waals surface area contributed by atoms with E-state index in [9.17, 15) is 4.79 Å². The highest BCUT2D eigenvalue weighted by Gasteiger charge is 2.19. The van der Waals surface area contributed by atoms with Gasteiger partial charge in [-0.05, 0) is 16.3 Å². The lowest BCUT2D eigenvalue weighted by Crippen LogP contribution is -2.20. The zero-order valence-electron chi connectivity index (χ0n) is 11.5. The molecule has 1 heterocycles. The number of aromatic nitrogens is 4. The summed E-state index contributed by atoms with van der Waals surface area (Å²) in [4.78, 5) is 10.9. The maximum Gasteiger partial charge on any atom is 0.308 e. The number of nitrogens with zero attached hydrogens (tertiary/aromatic N) is 4. The van der Waals surface area contributed by atoms with Crippen molar-refractivity contribution in [2.45, 2.75) is 58.4 Å². The van der Waals surface area contributed by atoms with Crippen LogP contribution in [0.2, 0.25) is 0 Å². The average molecular weight is 266 g/mol. The number of hydrogen-bond acceptors (Lipinski definition) is 4. The van der Waals surface area contributed by atoms with E-state index in [1.165, 1.54) is 38.5 Å². The summed E-state index contributed by atoms with van der Waals surface area (Å²) >= 11 is 0. The molecule has 1 aromatic heterocycles. The summed E-state index contributed by atoms with van der Waals surface area (Å²) in [7, 11) is 0. The lowest BCUT2D eigenvalue weighted by molar-refractivity contribution is -0.141. The standard InChI is InChI=1S/C13H22N4O2/c1-10(13(18)19)9-17-12(14-15-16-17)8-11-6-4-2-3-5-7-11/h10-11H,2-9H2,1H3,(H,18,19). The Balaban J connectivity index is 1.96. The van der Waals surface area contributed by atoms with E-state index in [4.69, 9.17) is 5.11 Å². The van der Waals surface area contributed by atoms with Gasteiger partial charge < -0.3 is 5.11 Å². The first-order valence-electron chi connectivity index (χ1n) is 7.14. The van der Waals surface area contributed by atoms with E-state index in [-0.39, 0.29) is 0 Å². The van der Waals surface area contributed by atoms with Crippen molar-refractivity contribution in [3.8, 4) is 0 Å². The third kappa shape index (κ3) is 4.01. The number of aliphatic carboxylic acids is 1. The van der Waals surface area contributed by atoms with Crippen LogP contribution in [-0.4, -0.2) is 31.3 Å². The first kappa shape index (κ1) is 14.0. The molecule has 0 amide bonds. The van der Waals surface area contributed by atoms with Crippen molar-refractivity contribution in [3.63, 3.8) is 0 Å². The van der Waals surface area contributed by atoms with Gasteiger partial charge >= 0.3 is 5.97 Å². The summed E-state index contributed by atoms with van der Waals surface area (Å²) in [6.07, 6.45) is 8.59. The average Bonchev–Trinajstić information content (AvgIpc) is 2.63. The largest absolute Gasteiger partial charge is 0.481 e. The minimum Gasteiger partial charge on any atom is -0.481 e. The Morgan fingerprint density at radius 3 is 2.68 bits per heavy atom. The summed E-state index contributed by atoms with van der Waals surface area (Å²) in [6.45, 7) is 2.03. The Morgan fingerprint density at radius 2 is 2.05 bits per heavy atom. The van der Waals surface area contributed by atoms with Crippen LogP contribution in [0.1, 0.15) is 51.3 Å². The molecule has 6 heteroatoms. The predicted molar refractivity (Wildman–Crippen MR) is 69.5 cm³/mol. The molecule has 1 fully saturated rings. The zero-order chi connectivity index (χ0) is 13.7. The van der Waals surface area contributed by atoms with Crippen molar-refractivity contribution >= 4 is 5.97 Å². The highest BCUT2D eigenvalue weighted by atomic mass is 16.4. The lowest BCUT2D eigenvalue weighted by Gasteiger charge is -2.14. The fourth-order valence-electron chi connectivity index (χ4n) is 2.67. The topological polar surface area (TPSA) is 80.9 Å². The molecule has 1 aromatic rings. The number of carbonyl (C=O) groups is 1. The molecule has 1 atom stereocenters. The first-order valence-corrected chi connectivity index (χ1v) is 7.14. The van der Waals surface area contributed by atoms with Crippen LogP contribution in [0.5, 0.6) is 0 Å². The fraction of sp³-hybridized carbons (Fsp3) is 0.846. The van der Waals surface area contributed by atoms with Crippen LogP contribution >= 0.6 is 0 Å². The van der Waals surface area contributed by atoms with Gasteiger partial charge in [0.15, 0.2) is 5.82 Å². The van der Waals surface area contributed by atoms with Gasteiger partial charge in [-0.25, -0.2) is 4.68 Å². The van der Waals surface area contributed by atoms with Crippen LogP contribution in [0, 0.1) is 11.8 Å². The summed E-state index contributed by atoms with van der Waals surface area (Å²) < 4.78 is 1.66. The minimum absolute atomic E-state index is 0.352. The van der Waals surface area contributed by atoms with Gasteiger partial charge in [-0.2, -0.15) is 0 Å². The van der Waals surface area contributed by atoms with Gasteiger partial charge in [0.1, 0.15) is 0 Å². The quantitative estimate of drug-likeness (QED) is 0.823. The Kier molecular flexibility index (Phi) is 4.87. The Hall–Kier alpha value is -1.46. The lowest BCUT2D eigenvalue weighted by atomic mass is 9.96. The molecule has 0 radical (unpaired) electrons. The van der Waals surface area contributed by atoms with Crippen LogP contribution in [-0.2, 0) is 17.8 Å². The molecule has 2 rings (SSSR count). The van der Waals surface area contributed by atoms with Gasteiger partial charge in [0.25, 0.3) is 0 Å². The maximum atomic E-state index is 10.9. The van der Waals surface area contributed by atoms with Gasteiger partial charge in [0, 0.05) is 6.42 Å². The number of tetrazole rings is 1. The van der Waals surface area contributed by atoms with Gasteiger partial charge in [-0.3, -0.25) is 4.79 Å². The molecular weight excluding hydrogens is 244 g/mol. The van der Waals surface area contributed by atoms with Crippen LogP contribution < -0.4 is 0 Å². The van der Waals surface area contributed by atoms with Gasteiger partial charge in [-0.15, -0.1) is 5.10 Å². The summed E-state index contributed by atoms with van der Waals surface area (Å²) in [5.74, 6) is 0.208. The van der Waals surface area contributed by atoms with Crippen molar-refractivity contribution in [1.82, 2.24) is 20.2 Å². The summed E-state index contributed by atoms with van der Waals surface area (Å²) in [6, 6.07) is 0. The van der Waals surface area contributed by atoms with Crippen molar-refractivity contribution in [3.05, 3.63) is 5.82 Å². The van der Waals surface area contributed by atoms with Gasteiger partial charge in [0.05, 0.1) is 12.5 Å². The molecule has 19 heavy (non-hydrogen) atoms. The van der Waals surface area contributed by atoms with Gasteiger partial charge in [0.2, 0.25) is 0 Å². The van der Waals surface area contributed by atoms with E-state index in [1.807, 2.05) is 0 Å². The molecule has 1 unspecified atom stereocenters. The molecule has 0 saturated heterocycles. The number of carboxylic acids is 1. The second-order valence-corrected chi connectivity index (χ2v) is 5.58. The van der Waals surface area contributed by atoms with Crippen LogP contribution in [0.4, 0.5) is 0 Å². The van der Waals surface area contributed by atoms with Crippen molar-refractivity contribution < 1.29 is 9.90 Å². The minimum atomic E-state index is -0.809. The smallest absolute Gasteiger partial charge is 0.308 e. The van der Waals surface area contributed by atoms with E-state index in [0.29, 0.717) is 12.5 Å². The van der Waals surface area contributed by atoms with Crippen molar-refractivity contribution in [1.29, 1.82) is 0 Å².